The van der Waals surface area contributed by atoms with E-state index in [1.165, 1.54) is 18.7 Å². The van der Waals surface area contributed by atoms with Gasteiger partial charge in [0.2, 0.25) is 0 Å². The molecule has 6 rings (SSSR count). The number of pyridine rings is 2. The number of hydrogen-bond donors (Lipinski definition) is 1. The van der Waals surface area contributed by atoms with Crippen molar-refractivity contribution in [2.75, 3.05) is 29.9 Å². The molecular formula is C30H30F3N9O3. The molecule has 1 aromatic carbocycles. The van der Waals surface area contributed by atoms with Crippen molar-refractivity contribution in [3.63, 3.8) is 0 Å². The third-order valence-electron chi connectivity index (χ3n) is 7.20. The highest BCUT2D eigenvalue weighted by Crippen LogP contribution is 2.33. The molecule has 0 radical (unpaired) electrons. The first kappa shape index (κ1) is 29.8. The SMILES string of the molecule is Cc1c(Oc2ccn3ncnc3c2)ccc(Nc2ncnc3ccc(N4CCN(C(=O)OC(C)(C)C)[C@@H](C(F)F)C4)nc23)c1F. The van der Waals surface area contributed by atoms with Crippen molar-refractivity contribution in [1.29, 1.82) is 0 Å². The summed E-state index contributed by atoms with van der Waals surface area (Å²) in [4.78, 5) is 32.7. The molecule has 1 fully saturated rings. The summed E-state index contributed by atoms with van der Waals surface area (Å²) in [6.45, 7) is 6.75. The van der Waals surface area contributed by atoms with Gasteiger partial charge in [0, 0.05) is 37.5 Å². The molecule has 5 heterocycles. The highest BCUT2D eigenvalue weighted by atomic mass is 19.3. The molecular weight excluding hydrogens is 591 g/mol. The maximum Gasteiger partial charge on any atom is 0.410 e. The number of nitrogens with one attached hydrogen (secondary N) is 1. The molecule has 45 heavy (non-hydrogen) atoms. The van der Waals surface area contributed by atoms with E-state index in [-0.39, 0.29) is 36.7 Å². The molecule has 1 saturated heterocycles. The summed E-state index contributed by atoms with van der Waals surface area (Å²) >= 11 is 0. The summed E-state index contributed by atoms with van der Waals surface area (Å²) in [5.74, 6) is 0.841. The zero-order valence-electron chi connectivity index (χ0n) is 24.9. The lowest BCUT2D eigenvalue weighted by Crippen LogP contribution is -2.59. The lowest BCUT2D eigenvalue weighted by atomic mass is 10.1. The van der Waals surface area contributed by atoms with Crippen LogP contribution < -0.4 is 15.0 Å². The number of halogens is 3. The number of aromatic nitrogens is 6. The van der Waals surface area contributed by atoms with Gasteiger partial charge in [0.1, 0.15) is 47.1 Å². The predicted molar refractivity (Wildman–Crippen MR) is 160 cm³/mol. The third kappa shape index (κ3) is 6.23. The fourth-order valence-corrected chi connectivity index (χ4v) is 4.97. The largest absolute Gasteiger partial charge is 0.457 e. The first-order chi connectivity index (χ1) is 21.5. The number of alkyl halides is 2. The summed E-state index contributed by atoms with van der Waals surface area (Å²) < 4.78 is 56.7. The average molecular weight is 622 g/mol. The van der Waals surface area contributed by atoms with Crippen molar-refractivity contribution in [2.45, 2.75) is 45.8 Å². The minimum Gasteiger partial charge on any atom is -0.457 e. The Hall–Kier alpha value is -5.21. The van der Waals surface area contributed by atoms with Crippen LogP contribution in [0.1, 0.15) is 26.3 Å². The second-order valence-electron chi connectivity index (χ2n) is 11.5. The number of fused-ring (bicyclic) bond motifs is 2. The molecule has 5 aromatic rings. The molecule has 4 aromatic heterocycles. The molecule has 0 aliphatic carbocycles. The van der Waals surface area contributed by atoms with E-state index < -0.39 is 30.0 Å². The molecule has 0 unspecified atom stereocenters. The maximum absolute atomic E-state index is 15.6. The van der Waals surface area contributed by atoms with Crippen molar-refractivity contribution in [3.05, 3.63) is 66.6 Å². The Balaban J connectivity index is 1.23. The quantitative estimate of drug-likeness (QED) is 0.251. The molecule has 234 valence electrons. The van der Waals surface area contributed by atoms with Crippen LogP contribution in [0.2, 0.25) is 0 Å². The number of carbonyl (C=O) groups excluding carboxylic acids is 1. The van der Waals surface area contributed by atoms with Crippen LogP contribution in [0.4, 0.5) is 35.3 Å². The number of rotatable bonds is 6. The van der Waals surface area contributed by atoms with E-state index in [2.05, 4.69) is 30.4 Å². The van der Waals surface area contributed by atoms with Gasteiger partial charge in [-0.05, 0) is 58.0 Å². The standard InChI is InChI=1S/C30H30F3N9O3/c1-17-22(44-18-9-10-42-24(13-18)35-16-37-42)7-5-19(25(17)31)38-28-26-20(34-15-36-28)6-8-23(39-26)40-11-12-41(21(14-40)27(32)33)29(43)45-30(2,3)4/h5-10,13,15-16,21,27H,11-12,14H2,1-4H3,(H,34,36,38)/t21-/m1/s1. The molecule has 1 aliphatic heterocycles. The van der Waals surface area contributed by atoms with Crippen molar-refractivity contribution in [3.8, 4) is 11.5 Å². The monoisotopic (exact) mass is 621 g/mol. The molecule has 1 atom stereocenters. The second kappa shape index (κ2) is 11.7. The lowest BCUT2D eigenvalue weighted by molar-refractivity contribution is -0.0179. The Bertz CT molecular complexity index is 1880. The summed E-state index contributed by atoms with van der Waals surface area (Å²) in [6, 6.07) is 8.49. The van der Waals surface area contributed by atoms with E-state index in [1.54, 1.807) is 73.6 Å². The van der Waals surface area contributed by atoms with E-state index in [0.29, 0.717) is 34.0 Å². The molecule has 1 N–H and O–H groups in total. The number of piperazine rings is 1. The van der Waals surface area contributed by atoms with Gasteiger partial charge in [-0.25, -0.2) is 42.4 Å². The van der Waals surface area contributed by atoms with Crippen LogP contribution in [0.3, 0.4) is 0 Å². The molecule has 1 amide bonds. The number of hydrogen-bond acceptors (Lipinski definition) is 10. The molecule has 12 nitrogen and oxygen atoms in total. The molecule has 15 heteroatoms. The Morgan fingerprint density at radius 1 is 1.07 bits per heavy atom. The fraction of sp³-hybridized carbons (Fsp3) is 0.333. The van der Waals surface area contributed by atoms with Gasteiger partial charge in [-0.2, -0.15) is 5.10 Å². The Kier molecular flexibility index (Phi) is 7.76. The number of amides is 1. The summed E-state index contributed by atoms with van der Waals surface area (Å²) in [5, 5.41) is 7.04. The molecule has 0 saturated carbocycles. The molecule has 0 spiro atoms. The number of anilines is 3. The van der Waals surface area contributed by atoms with Gasteiger partial charge in [-0.15, -0.1) is 0 Å². The van der Waals surface area contributed by atoms with Gasteiger partial charge in [0.25, 0.3) is 6.43 Å². The third-order valence-corrected chi connectivity index (χ3v) is 7.20. The summed E-state index contributed by atoms with van der Waals surface area (Å²) in [5.41, 5.74) is 0.939. The van der Waals surface area contributed by atoms with Gasteiger partial charge in [0.05, 0.1) is 11.2 Å². The van der Waals surface area contributed by atoms with Crippen LogP contribution in [-0.2, 0) is 4.74 Å². The highest BCUT2D eigenvalue weighted by Gasteiger charge is 2.39. The average Bonchev–Trinajstić information content (AvgIpc) is 3.48. The van der Waals surface area contributed by atoms with E-state index in [1.807, 2.05) is 0 Å². The van der Waals surface area contributed by atoms with E-state index in [4.69, 9.17) is 9.47 Å². The number of nitrogens with zero attached hydrogens (tertiary/aromatic N) is 8. The van der Waals surface area contributed by atoms with Crippen molar-refractivity contribution in [1.82, 2.24) is 34.4 Å². The number of carbonyl (C=O) groups is 1. The Morgan fingerprint density at radius 3 is 2.67 bits per heavy atom. The van der Waals surface area contributed by atoms with Gasteiger partial charge in [0.15, 0.2) is 17.3 Å². The van der Waals surface area contributed by atoms with E-state index in [9.17, 15) is 13.6 Å². The fourth-order valence-electron chi connectivity index (χ4n) is 4.97. The van der Waals surface area contributed by atoms with Gasteiger partial charge in [-0.3, -0.25) is 4.90 Å². The number of benzene rings is 1. The predicted octanol–water partition coefficient (Wildman–Crippen LogP) is 5.74. The minimum absolute atomic E-state index is 0.0196. The lowest BCUT2D eigenvalue weighted by Gasteiger charge is -2.41. The summed E-state index contributed by atoms with van der Waals surface area (Å²) in [6.07, 6.45) is 0.844. The van der Waals surface area contributed by atoms with Crippen LogP contribution in [0, 0.1) is 12.7 Å². The smallest absolute Gasteiger partial charge is 0.410 e. The molecule has 0 bridgehead atoms. The molecule has 1 aliphatic rings. The minimum atomic E-state index is -2.80. The Labute approximate surface area is 255 Å². The maximum atomic E-state index is 15.6. The van der Waals surface area contributed by atoms with Gasteiger partial charge < -0.3 is 19.7 Å². The van der Waals surface area contributed by atoms with E-state index in [0.717, 1.165) is 4.90 Å². The first-order valence-corrected chi connectivity index (χ1v) is 14.1. The summed E-state index contributed by atoms with van der Waals surface area (Å²) in [7, 11) is 0. The van der Waals surface area contributed by atoms with E-state index >= 15 is 4.39 Å². The van der Waals surface area contributed by atoms with Crippen LogP contribution >= 0.6 is 0 Å². The topological polar surface area (TPSA) is 123 Å². The Morgan fingerprint density at radius 2 is 1.89 bits per heavy atom. The van der Waals surface area contributed by atoms with Crippen molar-refractivity contribution in [2.24, 2.45) is 0 Å². The van der Waals surface area contributed by atoms with Crippen molar-refractivity contribution >= 4 is 40.1 Å². The zero-order valence-corrected chi connectivity index (χ0v) is 24.9. The second-order valence-corrected chi connectivity index (χ2v) is 11.5. The van der Waals surface area contributed by atoms with Crippen molar-refractivity contribution < 1.29 is 27.4 Å². The number of ether oxygens (including phenoxy) is 2. The normalized spacial score (nSPS) is 15.6. The first-order valence-electron chi connectivity index (χ1n) is 14.1. The van der Waals surface area contributed by atoms with Crippen LogP contribution in [-0.4, -0.2) is 78.2 Å². The zero-order chi connectivity index (χ0) is 31.9. The van der Waals surface area contributed by atoms with Crippen LogP contribution in [0.15, 0.2) is 55.2 Å². The highest BCUT2D eigenvalue weighted by molar-refractivity contribution is 5.88. The van der Waals surface area contributed by atoms with Gasteiger partial charge in [-0.1, -0.05) is 0 Å². The van der Waals surface area contributed by atoms with Crippen LogP contribution in [0.25, 0.3) is 16.7 Å². The van der Waals surface area contributed by atoms with Gasteiger partial charge >= 0.3 is 6.09 Å². The van der Waals surface area contributed by atoms with Crippen LogP contribution in [0.5, 0.6) is 11.5 Å².